The molecule has 2 aromatic rings. The van der Waals surface area contributed by atoms with Crippen LogP contribution in [0.15, 0.2) is 22.7 Å². The Labute approximate surface area is 116 Å². The van der Waals surface area contributed by atoms with E-state index in [1.165, 1.54) is 0 Å². The van der Waals surface area contributed by atoms with Gasteiger partial charge in [-0.15, -0.1) is 0 Å². The summed E-state index contributed by atoms with van der Waals surface area (Å²) in [5.41, 5.74) is 1.78. The van der Waals surface area contributed by atoms with E-state index in [1.807, 2.05) is 25.1 Å². The van der Waals surface area contributed by atoms with Crippen molar-refractivity contribution in [1.82, 2.24) is 10.1 Å². The van der Waals surface area contributed by atoms with Crippen molar-refractivity contribution in [3.8, 4) is 17.1 Å². The third-order valence-electron chi connectivity index (χ3n) is 2.72. The van der Waals surface area contributed by atoms with Gasteiger partial charge in [0.1, 0.15) is 12.2 Å². The van der Waals surface area contributed by atoms with Gasteiger partial charge in [0.05, 0.1) is 13.7 Å². The molecule has 0 spiro atoms. The maximum absolute atomic E-state index is 11.3. The van der Waals surface area contributed by atoms with E-state index >= 15 is 0 Å². The van der Waals surface area contributed by atoms with Crippen LogP contribution in [-0.4, -0.2) is 29.8 Å². The van der Waals surface area contributed by atoms with Crippen molar-refractivity contribution >= 4 is 5.97 Å². The van der Waals surface area contributed by atoms with Gasteiger partial charge >= 0.3 is 5.97 Å². The number of benzene rings is 1. The van der Waals surface area contributed by atoms with Gasteiger partial charge in [-0.3, -0.25) is 4.79 Å². The second-order valence-corrected chi connectivity index (χ2v) is 4.18. The summed E-state index contributed by atoms with van der Waals surface area (Å²) in [6.45, 7) is 4.01. The third kappa shape index (κ3) is 3.14. The molecule has 0 aliphatic rings. The highest BCUT2D eigenvalue weighted by Crippen LogP contribution is 2.24. The monoisotopic (exact) mass is 276 g/mol. The highest BCUT2D eigenvalue weighted by molar-refractivity contribution is 5.71. The standard InChI is InChI=1S/C14H16N2O4/c1-4-19-13(17)8-12-15-14(16-20-12)10-5-6-11(18-3)9(2)7-10/h5-7H,4,8H2,1-3H3. The SMILES string of the molecule is CCOC(=O)Cc1nc(-c2ccc(OC)c(C)c2)no1. The van der Waals surface area contributed by atoms with E-state index in [9.17, 15) is 4.79 Å². The summed E-state index contributed by atoms with van der Waals surface area (Å²) >= 11 is 0. The topological polar surface area (TPSA) is 74.5 Å². The molecule has 106 valence electrons. The molecule has 0 bridgehead atoms. The van der Waals surface area contributed by atoms with Gasteiger partial charge in [-0.2, -0.15) is 4.98 Å². The van der Waals surface area contributed by atoms with E-state index in [2.05, 4.69) is 10.1 Å². The number of hydrogen-bond donors (Lipinski definition) is 0. The molecule has 0 fully saturated rings. The van der Waals surface area contributed by atoms with Gasteiger partial charge in [-0.1, -0.05) is 5.16 Å². The molecule has 0 radical (unpaired) electrons. The summed E-state index contributed by atoms with van der Waals surface area (Å²) in [6, 6.07) is 5.58. The molecule has 0 aliphatic carbocycles. The Balaban J connectivity index is 2.16. The first-order valence-electron chi connectivity index (χ1n) is 6.27. The maximum Gasteiger partial charge on any atom is 0.315 e. The van der Waals surface area contributed by atoms with Crippen LogP contribution in [0.5, 0.6) is 5.75 Å². The number of nitrogens with zero attached hydrogens (tertiary/aromatic N) is 2. The van der Waals surface area contributed by atoms with Crippen molar-refractivity contribution in [2.45, 2.75) is 20.3 Å². The lowest BCUT2D eigenvalue weighted by Crippen LogP contribution is -2.07. The first-order chi connectivity index (χ1) is 9.63. The van der Waals surface area contributed by atoms with Crippen molar-refractivity contribution in [1.29, 1.82) is 0 Å². The van der Waals surface area contributed by atoms with Crippen LogP contribution in [-0.2, 0) is 16.0 Å². The molecule has 20 heavy (non-hydrogen) atoms. The Morgan fingerprint density at radius 3 is 2.85 bits per heavy atom. The molecule has 0 unspecified atom stereocenters. The van der Waals surface area contributed by atoms with Crippen LogP contribution in [0.1, 0.15) is 18.4 Å². The van der Waals surface area contributed by atoms with E-state index < -0.39 is 0 Å². The number of carbonyl (C=O) groups is 1. The number of rotatable bonds is 5. The Morgan fingerprint density at radius 1 is 1.40 bits per heavy atom. The Hall–Kier alpha value is -2.37. The van der Waals surface area contributed by atoms with Gasteiger partial charge < -0.3 is 14.0 Å². The molecular formula is C14H16N2O4. The number of aromatic nitrogens is 2. The third-order valence-corrected chi connectivity index (χ3v) is 2.72. The van der Waals surface area contributed by atoms with E-state index in [4.69, 9.17) is 14.0 Å². The van der Waals surface area contributed by atoms with Gasteiger partial charge in [-0.25, -0.2) is 0 Å². The van der Waals surface area contributed by atoms with Crippen LogP contribution in [0.2, 0.25) is 0 Å². The highest BCUT2D eigenvalue weighted by atomic mass is 16.5. The van der Waals surface area contributed by atoms with Crippen LogP contribution in [0.25, 0.3) is 11.4 Å². The zero-order valence-electron chi connectivity index (χ0n) is 11.7. The van der Waals surface area contributed by atoms with Crippen molar-refractivity contribution in [2.75, 3.05) is 13.7 Å². The second-order valence-electron chi connectivity index (χ2n) is 4.18. The highest BCUT2D eigenvalue weighted by Gasteiger charge is 2.13. The number of ether oxygens (including phenoxy) is 2. The summed E-state index contributed by atoms with van der Waals surface area (Å²) in [5.74, 6) is 1.10. The fourth-order valence-electron chi connectivity index (χ4n) is 1.80. The van der Waals surface area contributed by atoms with Gasteiger partial charge in [0.15, 0.2) is 0 Å². The average Bonchev–Trinajstić information content (AvgIpc) is 2.87. The summed E-state index contributed by atoms with van der Waals surface area (Å²) in [6.07, 6.45) is -0.0179. The predicted octanol–water partition coefficient (Wildman–Crippen LogP) is 2.16. The molecule has 6 nitrogen and oxygen atoms in total. The Morgan fingerprint density at radius 2 is 2.20 bits per heavy atom. The minimum atomic E-state index is -0.381. The molecule has 2 rings (SSSR count). The fraction of sp³-hybridized carbons (Fsp3) is 0.357. The van der Waals surface area contributed by atoms with Crippen molar-refractivity contribution in [2.24, 2.45) is 0 Å². The summed E-state index contributed by atoms with van der Waals surface area (Å²) in [5, 5.41) is 3.86. The molecule has 6 heteroatoms. The van der Waals surface area contributed by atoms with Crippen LogP contribution >= 0.6 is 0 Å². The smallest absolute Gasteiger partial charge is 0.315 e. The molecule has 0 saturated heterocycles. The molecular weight excluding hydrogens is 260 g/mol. The average molecular weight is 276 g/mol. The normalized spacial score (nSPS) is 10.3. The van der Waals surface area contributed by atoms with Crippen molar-refractivity contribution in [3.63, 3.8) is 0 Å². The van der Waals surface area contributed by atoms with Crippen LogP contribution in [0, 0.1) is 6.92 Å². The molecule has 0 N–H and O–H groups in total. The molecule has 0 saturated carbocycles. The Bertz CT molecular complexity index is 607. The first-order valence-corrected chi connectivity index (χ1v) is 6.27. The lowest BCUT2D eigenvalue weighted by Gasteiger charge is -2.04. The van der Waals surface area contributed by atoms with Crippen molar-refractivity contribution in [3.05, 3.63) is 29.7 Å². The predicted molar refractivity (Wildman–Crippen MR) is 71.4 cm³/mol. The van der Waals surface area contributed by atoms with Gasteiger partial charge in [0.25, 0.3) is 0 Å². The molecule has 0 atom stereocenters. The number of aryl methyl sites for hydroxylation is 1. The zero-order valence-corrected chi connectivity index (χ0v) is 11.7. The van der Waals surface area contributed by atoms with E-state index in [-0.39, 0.29) is 18.3 Å². The number of hydrogen-bond acceptors (Lipinski definition) is 6. The lowest BCUT2D eigenvalue weighted by atomic mass is 10.1. The zero-order chi connectivity index (χ0) is 14.5. The molecule has 0 amide bonds. The molecule has 0 aliphatic heterocycles. The van der Waals surface area contributed by atoms with E-state index in [1.54, 1.807) is 14.0 Å². The number of carbonyl (C=O) groups excluding carboxylic acids is 1. The Kier molecular flexibility index (Phi) is 4.34. The second kappa shape index (κ2) is 6.18. The molecule has 1 aromatic carbocycles. The number of esters is 1. The number of methoxy groups -OCH3 is 1. The van der Waals surface area contributed by atoms with Crippen LogP contribution in [0.3, 0.4) is 0 Å². The van der Waals surface area contributed by atoms with E-state index in [0.29, 0.717) is 12.4 Å². The molecule has 1 aromatic heterocycles. The van der Waals surface area contributed by atoms with Crippen LogP contribution < -0.4 is 4.74 Å². The quantitative estimate of drug-likeness (QED) is 0.779. The minimum absolute atomic E-state index is 0.0179. The fourth-order valence-corrected chi connectivity index (χ4v) is 1.80. The van der Waals surface area contributed by atoms with Gasteiger partial charge in [0, 0.05) is 5.56 Å². The summed E-state index contributed by atoms with van der Waals surface area (Å²) in [4.78, 5) is 15.5. The van der Waals surface area contributed by atoms with Crippen LogP contribution in [0.4, 0.5) is 0 Å². The van der Waals surface area contributed by atoms with E-state index in [0.717, 1.165) is 16.9 Å². The molecule has 1 heterocycles. The largest absolute Gasteiger partial charge is 0.496 e. The van der Waals surface area contributed by atoms with Crippen molar-refractivity contribution < 1.29 is 18.8 Å². The summed E-state index contributed by atoms with van der Waals surface area (Å²) < 4.78 is 15.1. The maximum atomic E-state index is 11.3. The van der Waals surface area contributed by atoms with Gasteiger partial charge in [-0.05, 0) is 37.6 Å². The minimum Gasteiger partial charge on any atom is -0.496 e. The summed E-state index contributed by atoms with van der Waals surface area (Å²) in [7, 11) is 1.62. The lowest BCUT2D eigenvalue weighted by molar-refractivity contribution is -0.142. The van der Waals surface area contributed by atoms with Gasteiger partial charge in [0.2, 0.25) is 11.7 Å². The first kappa shape index (κ1) is 14.0.